The molecule has 0 amide bonds. The zero-order valence-electron chi connectivity index (χ0n) is 18.5. The maximum atomic E-state index is 12.4. The molecule has 2 heterocycles. The minimum Gasteiger partial charge on any atom is -0.482 e. The molecule has 32 heavy (non-hydrogen) atoms. The normalized spacial score (nSPS) is 37.5. The largest absolute Gasteiger partial charge is 0.482 e. The molecule has 6 heteroatoms. The number of carbonyl (C=O) groups excluding carboxylic acids is 1. The number of ether oxygens (including phenoxy) is 2. The third kappa shape index (κ3) is 2.60. The minimum atomic E-state index is -0.937. The second kappa shape index (κ2) is 7.17. The number of hydrogen-bond acceptors (Lipinski definition) is 6. The Labute approximate surface area is 188 Å². The molecule has 6 rings (SSSR count). The lowest BCUT2D eigenvalue weighted by molar-refractivity contribution is -0.138. The summed E-state index contributed by atoms with van der Waals surface area (Å²) in [6, 6.07) is 3.86. The quantitative estimate of drug-likeness (QED) is 0.319. The second-order valence-electron chi connectivity index (χ2n) is 10.2. The van der Waals surface area contributed by atoms with Gasteiger partial charge < -0.3 is 19.7 Å². The van der Waals surface area contributed by atoms with E-state index in [9.17, 15) is 15.0 Å². The molecule has 1 spiro atoms. The molecule has 2 aliphatic heterocycles. The molecule has 0 radical (unpaired) electrons. The van der Waals surface area contributed by atoms with Crippen molar-refractivity contribution in [2.24, 2.45) is 5.92 Å². The van der Waals surface area contributed by atoms with Crippen LogP contribution in [0.15, 0.2) is 36.4 Å². The molecular weight excluding hydrogens is 406 g/mol. The van der Waals surface area contributed by atoms with Gasteiger partial charge in [0.2, 0.25) is 0 Å². The summed E-state index contributed by atoms with van der Waals surface area (Å²) in [7, 11) is 0. The van der Waals surface area contributed by atoms with Gasteiger partial charge in [-0.25, -0.2) is 4.79 Å². The number of aliphatic hydroxyl groups excluding tert-OH is 1. The van der Waals surface area contributed by atoms with Crippen LogP contribution in [0.5, 0.6) is 11.5 Å². The van der Waals surface area contributed by atoms with Gasteiger partial charge in [0, 0.05) is 30.8 Å². The summed E-state index contributed by atoms with van der Waals surface area (Å²) in [5.41, 5.74) is 0.490. The molecule has 3 aliphatic carbocycles. The van der Waals surface area contributed by atoms with Crippen molar-refractivity contribution in [1.29, 1.82) is 0 Å². The molecule has 1 saturated heterocycles. The van der Waals surface area contributed by atoms with Crippen LogP contribution in [0, 0.1) is 5.92 Å². The van der Waals surface area contributed by atoms with Crippen molar-refractivity contribution in [3.05, 3.63) is 47.6 Å². The topological polar surface area (TPSA) is 79.2 Å². The van der Waals surface area contributed by atoms with E-state index in [1.54, 1.807) is 18.2 Å². The summed E-state index contributed by atoms with van der Waals surface area (Å²) in [5.74, 6) is 1.12. The first-order chi connectivity index (χ1) is 15.5. The fourth-order valence-corrected chi connectivity index (χ4v) is 7.04. The SMILES string of the molecule is C/C=C/C=C/C(=O)Oc1ccc2c3c1OC1C(O)CCC4(O)C(C2)N(CC2CCC2)CC314. The summed E-state index contributed by atoms with van der Waals surface area (Å²) in [6.45, 7) is 3.56. The van der Waals surface area contributed by atoms with E-state index in [1.807, 2.05) is 19.1 Å². The molecule has 1 aromatic rings. The van der Waals surface area contributed by atoms with E-state index < -0.39 is 29.2 Å². The van der Waals surface area contributed by atoms with Crippen LogP contribution in [0.25, 0.3) is 0 Å². The van der Waals surface area contributed by atoms with Crippen LogP contribution < -0.4 is 9.47 Å². The van der Waals surface area contributed by atoms with Crippen molar-refractivity contribution in [3.63, 3.8) is 0 Å². The third-order valence-electron chi connectivity index (χ3n) is 8.65. The number of likely N-dealkylation sites (tertiary alicyclic amines) is 1. The Morgan fingerprint density at radius 1 is 1.31 bits per heavy atom. The Hall–Kier alpha value is -2.15. The van der Waals surface area contributed by atoms with Gasteiger partial charge in [-0.15, -0.1) is 0 Å². The van der Waals surface area contributed by atoms with E-state index in [1.165, 1.54) is 25.3 Å². The number of nitrogens with zero attached hydrogens (tertiary/aromatic N) is 1. The predicted octanol–water partition coefficient (Wildman–Crippen LogP) is 2.65. The maximum absolute atomic E-state index is 12.4. The highest BCUT2D eigenvalue weighted by Crippen LogP contribution is 2.66. The van der Waals surface area contributed by atoms with Gasteiger partial charge in [-0.05, 0) is 56.6 Å². The van der Waals surface area contributed by atoms with Crippen LogP contribution in [0.1, 0.15) is 50.2 Å². The minimum absolute atomic E-state index is 0.0392. The molecule has 2 bridgehead atoms. The van der Waals surface area contributed by atoms with E-state index in [2.05, 4.69) is 4.90 Å². The van der Waals surface area contributed by atoms with E-state index in [4.69, 9.17) is 9.47 Å². The van der Waals surface area contributed by atoms with Gasteiger partial charge in [0.25, 0.3) is 0 Å². The Kier molecular flexibility index (Phi) is 4.59. The predicted molar refractivity (Wildman–Crippen MR) is 119 cm³/mol. The molecule has 2 N–H and O–H groups in total. The molecule has 6 nitrogen and oxygen atoms in total. The standard InChI is InChI=1S/C26H31NO5/c1-2-3-4-8-21(29)31-19-10-9-17-13-20-26(30)12-11-18(28)24-25(26,22(17)23(19)32-24)15-27(20)14-16-6-5-7-16/h2-4,8-10,16,18,20,24,28,30H,5-7,11-15H2,1H3/b3-2+,8-4+. The molecule has 1 aromatic carbocycles. The molecule has 3 fully saturated rings. The van der Waals surface area contributed by atoms with Crippen LogP contribution in [0.2, 0.25) is 0 Å². The fourth-order valence-electron chi connectivity index (χ4n) is 7.04. The van der Waals surface area contributed by atoms with Gasteiger partial charge in [0.15, 0.2) is 11.5 Å². The highest BCUT2D eigenvalue weighted by Gasteiger charge is 2.75. The summed E-state index contributed by atoms with van der Waals surface area (Å²) in [5, 5.41) is 23.2. The van der Waals surface area contributed by atoms with Gasteiger partial charge in [0.05, 0.1) is 17.1 Å². The van der Waals surface area contributed by atoms with E-state index in [0.717, 1.165) is 24.1 Å². The average molecular weight is 438 g/mol. The first kappa shape index (κ1) is 20.5. The van der Waals surface area contributed by atoms with E-state index in [0.29, 0.717) is 36.8 Å². The van der Waals surface area contributed by atoms with Crippen LogP contribution in [0.3, 0.4) is 0 Å². The lowest BCUT2D eigenvalue weighted by Gasteiger charge is -2.52. The van der Waals surface area contributed by atoms with E-state index >= 15 is 0 Å². The summed E-state index contributed by atoms with van der Waals surface area (Å²) in [6.07, 6.45) is 11.1. The molecule has 0 aromatic heterocycles. The lowest BCUT2D eigenvalue weighted by Crippen LogP contribution is -2.67. The van der Waals surface area contributed by atoms with Gasteiger partial charge in [-0.2, -0.15) is 0 Å². The van der Waals surface area contributed by atoms with Crippen LogP contribution in [-0.2, 0) is 16.6 Å². The summed E-state index contributed by atoms with van der Waals surface area (Å²) < 4.78 is 12.1. The molecular formula is C26H31NO5. The van der Waals surface area contributed by atoms with Crippen molar-refractivity contribution in [2.75, 3.05) is 13.1 Å². The molecule has 5 aliphatic rings. The molecule has 170 valence electrons. The first-order valence-electron chi connectivity index (χ1n) is 12.0. The number of allylic oxidation sites excluding steroid dienone is 3. The third-order valence-corrected chi connectivity index (χ3v) is 8.65. The van der Waals surface area contributed by atoms with Crippen LogP contribution >= 0.6 is 0 Å². The van der Waals surface area contributed by atoms with Gasteiger partial charge in [-0.1, -0.05) is 30.7 Å². The second-order valence-corrected chi connectivity index (χ2v) is 10.2. The van der Waals surface area contributed by atoms with Crippen molar-refractivity contribution in [2.45, 2.75) is 74.7 Å². The number of hydrogen-bond donors (Lipinski definition) is 2. The highest BCUT2D eigenvalue weighted by molar-refractivity contribution is 5.85. The van der Waals surface area contributed by atoms with Gasteiger partial charge in [-0.3, -0.25) is 4.90 Å². The van der Waals surface area contributed by atoms with Crippen molar-refractivity contribution < 1.29 is 24.5 Å². The number of rotatable bonds is 5. The molecule has 2 saturated carbocycles. The smallest absolute Gasteiger partial charge is 0.336 e. The maximum Gasteiger partial charge on any atom is 0.336 e. The zero-order chi connectivity index (χ0) is 22.1. The Morgan fingerprint density at radius 2 is 2.16 bits per heavy atom. The van der Waals surface area contributed by atoms with Crippen molar-refractivity contribution in [3.8, 4) is 11.5 Å². The fraction of sp³-hybridized carbons (Fsp3) is 0.577. The summed E-state index contributed by atoms with van der Waals surface area (Å²) >= 11 is 0. The molecule has 5 atom stereocenters. The Morgan fingerprint density at radius 3 is 2.91 bits per heavy atom. The highest BCUT2D eigenvalue weighted by atomic mass is 16.6. The van der Waals surface area contributed by atoms with Crippen molar-refractivity contribution in [1.82, 2.24) is 4.90 Å². The zero-order valence-corrected chi connectivity index (χ0v) is 18.5. The lowest BCUT2D eigenvalue weighted by atomic mass is 9.54. The van der Waals surface area contributed by atoms with Crippen LogP contribution in [0.4, 0.5) is 0 Å². The van der Waals surface area contributed by atoms with Gasteiger partial charge in [0.1, 0.15) is 6.10 Å². The number of aliphatic hydroxyl groups is 2. The average Bonchev–Trinajstić information content (AvgIpc) is 3.15. The van der Waals surface area contributed by atoms with Crippen molar-refractivity contribution >= 4 is 5.97 Å². The monoisotopic (exact) mass is 437 g/mol. The van der Waals surface area contributed by atoms with Crippen LogP contribution in [-0.4, -0.2) is 58.0 Å². The van der Waals surface area contributed by atoms with Gasteiger partial charge >= 0.3 is 5.97 Å². The van der Waals surface area contributed by atoms with E-state index in [-0.39, 0.29) is 6.04 Å². The first-order valence-corrected chi connectivity index (χ1v) is 12.0. The number of carbonyl (C=O) groups is 1. The number of esters is 1. The number of benzene rings is 1. The summed E-state index contributed by atoms with van der Waals surface area (Å²) in [4.78, 5) is 14.8. The Balaban J connectivity index is 1.42. The Bertz CT molecular complexity index is 1010. The molecule has 5 unspecified atom stereocenters.